The Hall–Kier alpha value is -0.780. The molecule has 19 heavy (non-hydrogen) atoms. The van der Waals surface area contributed by atoms with Crippen molar-refractivity contribution in [3.8, 4) is 0 Å². The lowest BCUT2D eigenvalue weighted by Crippen LogP contribution is -2.08. The highest BCUT2D eigenvalue weighted by atomic mass is 14.2. The van der Waals surface area contributed by atoms with Crippen LogP contribution in [0.15, 0.2) is 12.1 Å². The molecule has 0 nitrogen and oxygen atoms in total. The van der Waals surface area contributed by atoms with Crippen molar-refractivity contribution in [2.24, 2.45) is 0 Å². The molecule has 0 unspecified atom stereocenters. The monoisotopic (exact) mass is 258 g/mol. The molecule has 0 aromatic heterocycles. The lowest BCUT2D eigenvalue weighted by atomic mass is 9.84. The van der Waals surface area contributed by atoms with E-state index in [1.165, 1.54) is 76.2 Å². The Balaban J connectivity index is 1.86. The summed E-state index contributed by atoms with van der Waals surface area (Å²) < 4.78 is 0. The standard InChI is InChI=1S/C19H30/c1-3-4-5-6-7-8-11-17-15-14-16(2)18-12-9-10-13-19(17)18/h14-15H,3-13H2,1-2H3. The van der Waals surface area contributed by atoms with Crippen molar-refractivity contribution in [2.45, 2.75) is 84.5 Å². The smallest absolute Gasteiger partial charge is 0.0273 e. The Morgan fingerprint density at radius 2 is 1.53 bits per heavy atom. The molecule has 0 spiro atoms. The van der Waals surface area contributed by atoms with Crippen molar-refractivity contribution in [2.75, 3.05) is 0 Å². The van der Waals surface area contributed by atoms with Crippen LogP contribution in [0.2, 0.25) is 0 Å². The molecule has 0 heterocycles. The molecule has 1 aliphatic carbocycles. The number of rotatable bonds is 7. The van der Waals surface area contributed by atoms with E-state index in [1.54, 1.807) is 16.7 Å². The van der Waals surface area contributed by atoms with E-state index in [0.717, 1.165) is 0 Å². The molecule has 0 saturated carbocycles. The van der Waals surface area contributed by atoms with Gasteiger partial charge in [0.2, 0.25) is 0 Å². The van der Waals surface area contributed by atoms with E-state index in [-0.39, 0.29) is 0 Å². The van der Waals surface area contributed by atoms with E-state index in [1.807, 2.05) is 0 Å². The van der Waals surface area contributed by atoms with Gasteiger partial charge in [-0.3, -0.25) is 0 Å². The summed E-state index contributed by atoms with van der Waals surface area (Å²) in [7, 11) is 0. The summed E-state index contributed by atoms with van der Waals surface area (Å²) in [6.45, 7) is 4.58. The largest absolute Gasteiger partial charge is 0.0654 e. The molecule has 0 bridgehead atoms. The van der Waals surface area contributed by atoms with E-state index < -0.39 is 0 Å². The minimum absolute atomic E-state index is 1.31. The van der Waals surface area contributed by atoms with Crippen molar-refractivity contribution in [1.82, 2.24) is 0 Å². The first-order valence-electron chi connectivity index (χ1n) is 8.43. The summed E-state index contributed by atoms with van der Waals surface area (Å²) in [6.07, 6.45) is 15.2. The Morgan fingerprint density at radius 3 is 2.32 bits per heavy atom. The number of unbranched alkanes of at least 4 members (excludes halogenated alkanes) is 5. The quantitative estimate of drug-likeness (QED) is 0.544. The van der Waals surface area contributed by atoms with Gasteiger partial charge in [0.25, 0.3) is 0 Å². The summed E-state index contributed by atoms with van der Waals surface area (Å²) in [5.41, 5.74) is 6.60. The molecule has 0 fully saturated rings. The van der Waals surface area contributed by atoms with Gasteiger partial charge < -0.3 is 0 Å². The zero-order chi connectivity index (χ0) is 13.5. The van der Waals surface area contributed by atoms with Crippen LogP contribution < -0.4 is 0 Å². The SMILES string of the molecule is CCCCCCCCc1ccc(C)c2c1CCCC2. The average molecular weight is 258 g/mol. The molecule has 0 aliphatic heterocycles. The summed E-state index contributed by atoms with van der Waals surface area (Å²) >= 11 is 0. The van der Waals surface area contributed by atoms with Gasteiger partial charge in [0.1, 0.15) is 0 Å². The molecule has 1 aliphatic rings. The Kier molecular flexibility index (Phi) is 5.94. The maximum absolute atomic E-state index is 2.41. The first-order chi connectivity index (χ1) is 9.33. The number of hydrogen-bond donors (Lipinski definition) is 0. The Morgan fingerprint density at radius 1 is 0.842 bits per heavy atom. The van der Waals surface area contributed by atoms with Gasteiger partial charge >= 0.3 is 0 Å². The minimum atomic E-state index is 1.31. The van der Waals surface area contributed by atoms with Crippen molar-refractivity contribution in [3.63, 3.8) is 0 Å². The van der Waals surface area contributed by atoms with Crippen LogP contribution in [0.4, 0.5) is 0 Å². The normalized spacial score (nSPS) is 14.4. The zero-order valence-corrected chi connectivity index (χ0v) is 12.9. The van der Waals surface area contributed by atoms with E-state index >= 15 is 0 Å². The maximum atomic E-state index is 2.41. The van der Waals surface area contributed by atoms with Gasteiger partial charge in [-0.15, -0.1) is 0 Å². The van der Waals surface area contributed by atoms with Gasteiger partial charge in [-0.1, -0.05) is 51.2 Å². The molecule has 2 rings (SSSR count). The molecule has 0 radical (unpaired) electrons. The van der Waals surface area contributed by atoms with Crippen LogP contribution in [0, 0.1) is 6.92 Å². The highest BCUT2D eigenvalue weighted by Crippen LogP contribution is 2.28. The average Bonchev–Trinajstić information content (AvgIpc) is 2.45. The van der Waals surface area contributed by atoms with Gasteiger partial charge in [0.05, 0.1) is 0 Å². The fourth-order valence-electron chi connectivity index (χ4n) is 3.45. The Bertz CT molecular complexity index is 389. The molecule has 0 N–H and O–H groups in total. The molecule has 1 aromatic carbocycles. The second-order valence-corrected chi connectivity index (χ2v) is 6.22. The number of aryl methyl sites for hydroxylation is 2. The zero-order valence-electron chi connectivity index (χ0n) is 12.9. The summed E-state index contributed by atoms with van der Waals surface area (Å²) in [4.78, 5) is 0. The molecular weight excluding hydrogens is 228 g/mol. The summed E-state index contributed by atoms with van der Waals surface area (Å²) in [5, 5.41) is 0. The van der Waals surface area contributed by atoms with E-state index in [9.17, 15) is 0 Å². The number of hydrogen-bond acceptors (Lipinski definition) is 0. The number of fused-ring (bicyclic) bond motifs is 1. The molecule has 1 aromatic rings. The molecule has 0 atom stereocenters. The van der Waals surface area contributed by atoms with E-state index in [4.69, 9.17) is 0 Å². The molecular formula is C19H30. The fraction of sp³-hybridized carbons (Fsp3) is 0.684. The second kappa shape index (κ2) is 7.72. The van der Waals surface area contributed by atoms with Gasteiger partial charge in [0, 0.05) is 0 Å². The van der Waals surface area contributed by atoms with Crippen LogP contribution in [0.3, 0.4) is 0 Å². The molecule has 0 amide bonds. The fourth-order valence-corrected chi connectivity index (χ4v) is 3.45. The van der Waals surface area contributed by atoms with Gasteiger partial charge in [0.15, 0.2) is 0 Å². The van der Waals surface area contributed by atoms with E-state index in [2.05, 4.69) is 26.0 Å². The van der Waals surface area contributed by atoms with Gasteiger partial charge in [-0.05, 0) is 67.7 Å². The van der Waals surface area contributed by atoms with Gasteiger partial charge in [-0.25, -0.2) is 0 Å². The minimum Gasteiger partial charge on any atom is -0.0654 e. The van der Waals surface area contributed by atoms with Crippen molar-refractivity contribution >= 4 is 0 Å². The molecule has 106 valence electrons. The maximum Gasteiger partial charge on any atom is -0.0273 e. The number of benzene rings is 1. The molecule has 0 heteroatoms. The van der Waals surface area contributed by atoms with Crippen LogP contribution >= 0.6 is 0 Å². The highest BCUT2D eigenvalue weighted by Gasteiger charge is 2.14. The van der Waals surface area contributed by atoms with Crippen LogP contribution in [0.25, 0.3) is 0 Å². The van der Waals surface area contributed by atoms with Crippen molar-refractivity contribution in [3.05, 3.63) is 34.4 Å². The van der Waals surface area contributed by atoms with Gasteiger partial charge in [-0.2, -0.15) is 0 Å². The van der Waals surface area contributed by atoms with Crippen molar-refractivity contribution in [1.29, 1.82) is 0 Å². The van der Waals surface area contributed by atoms with Crippen LogP contribution in [-0.2, 0) is 19.3 Å². The lowest BCUT2D eigenvalue weighted by Gasteiger charge is -2.21. The van der Waals surface area contributed by atoms with Crippen LogP contribution in [0.1, 0.15) is 80.5 Å². The topological polar surface area (TPSA) is 0 Å². The second-order valence-electron chi connectivity index (χ2n) is 6.22. The molecule has 0 saturated heterocycles. The first-order valence-corrected chi connectivity index (χ1v) is 8.43. The third-order valence-electron chi connectivity index (χ3n) is 4.67. The van der Waals surface area contributed by atoms with Crippen LogP contribution in [0.5, 0.6) is 0 Å². The third kappa shape index (κ3) is 4.09. The van der Waals surface area contributed by atoms with Crippen molar-refractivity contribution < 1.29 is 0 Å². The Labute approximate surface area is 119 Å². The summed E-state index contributed by atoms with van der Waals surface area (Å²) in [6, 6.07) is 4.77. The predicted molar refractivity (Wildman–Crippen MR) is 84.9 cm³/mol. The van der Waals surface area contributed by atoms with E-state index in [0.29, 0.717) is 0 Å². The first kappa shape index (κ1) is 14.6. The highest BCUT2D eigenvalue weighted by molar-refractivity contribution is 5.42. The van der Waals surface area contributed by atoms with Crippen LogP contribution in [-0.4, -0.2) is 0 Å². The predicted octanol–water partition coefficient (Wildman–Crippen LogP) is 5.78. The summed E-state index contributed by atoms with van der Waals surface area (Å²) in [5.74, 6) is 0. The third-order valence-corrected chi connectivity index (χ3v) is 4.67. The lowest BCUT2D eigenvalue weighted by molar-refractivity contribution is 0.603.